The summed E-state index contributed by atoms with van der Waals surface area (Å²) in [5.41, 5.74) is 0. The van der Waals surface area contributed by atoms with Crippen molar-refractivity contribution >= 4 is 10.0 Å². The lowest BCUT2D eigenvalue weighted by atomic mass is 10.3. The maximum absolute atomic E-state index is 11.5. The van der Waals surface area contributed by atoms with Crippen molar-refractivity contribution in [1.82, 2.24) is 9.62 Å². The highest BCUT2D eigenvalue weighted by Crippen LogP contribution is 2.12. The third-order valence-corrected chi connectivity index (χ3v) is 4.37. The van der Waals surface area contributed by atoms with Crippen LogP contribution in [0.15, 0.2) is 0 Å². The van der Waals surface area contributed by atoms with E-state index in [0.717, 1.165) is 32.4 Å². The smallest absolute Gasteiger partial charge is 0.214 e. The van der Waals surface area contributed by atoms with Gasteiger partial charge in [-0.3, -0.25) is 0 Å². The van der Waals surface area contributed by atoms with Gasteiger partial charge in [0.1, 0.15) is 0 Å². The maximum Gasteiger partial charge on any atom is 0.214 e. The predicted octanol–water partition coefficient (Wildman–Crippen LogP) is 0.412. The number of nitrogens with one attached hydrogen (secondary N) is 1. The van der Waals surface area contributed by atoms with Crippen molar-refractivity contribution in [2.24, 2.45) is 0 Å². The van der Waals surface area contributed by atoms with Gasteiger partial charge in [0.25, 0.3) is 0 Å². The molecule has 1 heterocycles. The lowest BCUT2D eigenvalue weighted by Gasteiger charge is -2.26. The molecule has 84 valence electrons. The molecule has 14 heavy (non-hydrogen) atoms. The first-order valence-corrected chi connectivity index (χ1v) is 6.96. The minimum absolute atomic E-state index is 0.334. The molecular formula is C9H20N2O2S. The maximum atomic E-state index is 11.5. The number of nitrogens with zero attached hydrogens (tertiary/aromatic N) is 1. The largest absolute Gasteiger partial charge is 0.315 e. The van der Waals surface area contributed by atoms with Crippen molar-refractivity contribution in [3.63, 3.8) is 0 Å². The van der Waals surface area contributed by atoms with Crippen molar-refractivity contribution in [2.45, 2.75) is 26.2 Å². The van der Waals surface area contributed by atoms with Gasteiger partial charge in [-0.2, -0.15) is 0 Å². The van der Waals surface area contributed by atoms with Gasteiger partial charge in [0.15, 0.2) is 0 Å². The van der Waals surface area contributed by atoms with Crippen LogP contribution in [0.2, 0.25) is 0 Å². The van der Waals surface area contributed by atoms with E-state index in [0.29, 0.717) is 18.8 Å². The van der Waals surface area contributed by atoms with Crippen LogP contribution in [0.25, 0.3) is 0 Å². The highest BCUT2D eigenvalue weighted by Gasteiger charge is 2.24. The summed E-state index contributed by atoms with van der Waals surface area (Å²) in [5.74, 6) is 0.334. The fraction of sp³-hybridized carbons (Fsp3) is 1.00. The Hall–Kier alpha value is -0.130. The van der Waals surface area contributed by atoms with Crippen LogP contribution in [0.3, 0.4) is 0 Å². The summed E-state index contributed by atoms with van der Waals surface area (Å²) < 4.78 is 24.7. The third-order valence-electron chi connectivity index (χ3n) is 2.42. The number of hydrogen-bond donors (Lipinski definition) is 1. The van der Waals surface area contributed by atoms with Crippen LogP contribution in [0.5, 0.6) is 0 Å². The standard InChI is InChI=1S/C9H20N2O2S/c1-2-5-10-6-8-11-7-3-4-9-14(11,12)13/h10H,2-9H2,1H3. The van der Waals surface area contributed by atoms with Crippen molar-refractivity contribution in [3.05, 3.63) is 0 Å². The topological polar surface area (TPSA) is 49.4 Å². The minimum atomic E-state index is -2.92. The van der Waals surface area contributed by atoms with E-state index in [1.807, 2.05) is 0 Å². The summed E-state index contributed by atoms with van der Waals surface area (Å²) in [5, 5.41) is 3.21. The zero-order valence-electron chi connectivity index (χ0n) is 8.83. The Bertz CT molecular complexity index is 252. The molecule has 1 aliphatic heterocycles. The van der Waals surface area contributed by atoms with E-state index < -0.39 is 10.0 Å². The molecule has 4 nitrogen and oxygen atoms in total. The molecule has 0 bridgehead atoms. The Labute approximate surface area is 86.7 Å². The Kier molecular flexibility index (Phi) is 4.84. The van der Waals surface area contributed by atoms with E-state index in [4.69, 9.17) is 0 Å². The first kappa shape index (κ1) is 11.9. The second-order valence-corrected chi connectivity index (χ2v) is 5.76. The Balaban J connectivity index is 2.28. The van der Waals surface area contributed by atoms with E-state index in [9.17, 15) is 8.42 Å². The molecule has 0 aromatic rings. The van der Waals surface area contributed by atoms with E-state index >= 15 is 0 Å². The van der Waals surface area contributed by atoms with Crippen molar-refractivity contribution in [2.75, 3.05) is 31.9 Å². The summed E-state index contributed by atoms with van der Waals surface area (Å²) in [4.78, 5) is 0. The monoisotopic (exact) mass is 220 g/mol. The van der Waals surface area contributed by atoms with Gasteiger partial charge >= 0.3 is 0 Å². The molecule has 1 rings (SSSR count). The zero-order valence-corrected chi connectivity index (χ0v) is 9.65. The molecule has 0 unspecified atom stereocenters. The molecule has 5 heteroatoms. The third kappa shape index (κ3) is 3.55. The first-order valence-electron chi connectivity index (χ1n) is 5.35. The lowest BCUT2D eigenvalue weighted by Crippen LogP contribution is -2.41. The van der Waals surface area contributed by atoms with Crippen molar-refractivity contribution in [3.8, 4) is 0 Å². The van der Waals surface area contributed by atoms with Crippen LogP contribution in [0.1, 0.15) is 26.2 Å². The van der Waals surface area contributed by atoms with Crippen LogP contribution in [0.4, 0.5) is 0 Å². The molecule has 0 amide bonds. The van der Waals surface area contributed by atoms with Gasteiger partial charge in [-0.15, -0.1) is 0 Å². The molecule has 0 saturated carbocycles. The van der Waals surface area contributed by atoms with E-state index in [2.05, 4.69) is 12.2 Å². The molecule has 0 aromatic carbocycles. The molecule has 0 aromatic heterocycles. The Morgan fingerprint density at radius 3 is 2.71 bits per heavy atom. The number of sulfonamides is 1. The molecule has 1 N–H and O–H groups in total. The van der Waals surface area contributed by atoms with Crippen molar-refractivity contribution in [1.29, 1.82) is 0 Å². The minimum Gasteiger partial charge on any atom is -0.315 e. The molecule has 1 aliphatic rings. The highest BCUT2D eigenvalue weighted by molar-refractivity contribution is 7.89. The van der Waals surface area contributed by atoms with Crippen LogP contribution in [-0.4, -0.2) is 44.7 Å². The normalized spacial score (nSPS) is 22.4. The van der Waals surface area contributed by atoms with Crippen LogP contribution >= 0.6 is 0 Å². The second-order valence-electron chi connectivity index (χ2n) is 3.67. The first-order chi connectivity index (χ1) is 6.67. The fourth-order valence-electron chi connectivity index (χ4n) is 1.60. The number of rotatable bonds is 5. The molecular weight excluding hydrogens is 200 g/mol. The predicted molar refractivity (Wildman–Crippen MR) is 57.8 cm³/mol. The summed E-state index contributed by atoms with van der Waals surface area (Å²) >= 11 is 0. The summed E-state index contributed by atoms with van der Waals surface area (Å²) in [6.45, 7) is 5.17. The Morgan fingerprint density at radius 2 is 2.07 bits per heavy atom. The van der Waals surface area contributed by atoms with Gasteiger partial charge in [-0.25, -0.2) is 12.7 Å². The fourth-order valence-corrected chi connectivity index (χ4v) is 3.20. The summed E-state index contributed by atoms with van der Waals surface area (Å²) in [6.07, 6.45) is 2.92. The van der Waals surface area contributed by atoms with Gasteiger partial charge in [0.2, 0.25) is 10.0 Å². The molecule has 0 aliphatic carbocycles. The van der Waals surface area contributed by atoms with Crippen LogP contribution < -0.4 is 5.32 Å². The quantitative estimate of drug-likeness (QED) is 0.683. The van der Waals surface area contributed by atoms with Crippen LogP contribution in [-0.2, 0) is 10.0 Å². The van der Waals surface area contributed by atoms with Gasteiger partial charge < -0.3 is 5.32 Å². The molecule has 0 atom stereocenters. The van der Waals surface area contributed by atoms with Gasteiger partial charge in [0.05, 0.1) is 5.75 Å². The average molecular weight is 220 g/mol. The lowest BCUT2D eigenvalue weighted by molar-refractivity contribution is 0.379. The van der Waals surface area contributed by atoms with Gasteiger partial charge in [-0.1, -0.05) is 6.92 Å². The number of hydrogen-bond acceptors (Lipinski definition) is 3. The van der Waals surface area contributed by atoms with E-state index in [-0.39, 0.29) is 0 Å². The van der Waals surface area contributed by atoms with Gasteiger partial charge in [-0.05, 0) is 25.8 Å². The summed E-state index contributed by atoms with van der Waals surface area (Å²) in [7, 11) is -2.92. The Morgan fingerprint density at radius 1 is 1.29 bits per heavy atom. The van der Waals surface area contributed by atoms with Crippen LogP contribution in [0, 0.1) is 0 Å². The van der Waals surface area contributed by atoms with E-state index in [1.165, 1.54) is 0 Å². The van der Waals surface area contributed by atoms with Crippen molar-refractivity contribution < 1.29 is 8.42 Å². The highest BCUT2D eigenvalue weighted by atomic mass is 32.2. The summed E-state index contributed by atoms with van der Waals surface area (Å²) in [6, 6.07) is 0. The molecule has 1 saturated heterocycles. The second kappa shape index (κ2) is 5.68. The average Bonchev–Trinajstić information content (AvgIpc) is 2.14. The van der Waals surface area contributed by atoms with E-state index in [1.54, 1.807) is 4.31 Å². The molecule has 0 radical (unpaired) electrons. The molecule has 0 spiro atoms. The SMILES string of the molecule is CCCNCCN1CCCCS1(=O)=O. The zero-order chi connectivity index (χ0) is 10.4. The molecule has 1 fully saturated rings. The van der Waals surface area contributed by atoms with Gasteiger partial charge in [0, 0.05) is 19.6 Å².